The molecule has 3 nitrogen and oxygen atoms in total. The molecule has 0 aliphatic carbocycles. The summed E-state index contributed by atoms with van der Waals surface area (Å²) in [5.74, 6) is 0.129. The first-order valence-electron chi connectivity index (χ1n) is 4.84. The molecular weight excluding hydrogens is 246 g/mol. The van der Waals surface area contributed by atoms with E-state index in [0.29, 0.717) is 5.13 Å². The second-order valence-corrected chi connectivity index (χ2v) is 4.59. The van der Waals surface area contributed by atoms with Crippen molar-refractivity contribution in [1.29, 1.82) is 0 Å². The van der Waals surface area contributed by atoms with Gasteiger partial charge in [-0.25, -0.2) is 4.98 Å². The maximum absolute atomic E-state index is 12.0. The molecule has 0 atom stereocenters. The molecule has 1 heterocycles. The molecule has 0 aliphatic rings. The number of ether oxygens (including phenoxy) is 1. The van der Waals surface area contributed by atoms with Crippen molar-refractivity contribution in [1.82, 2.24) is 4.98 Å². The molecule has 0 unspecified atom stereocenters. The Hall–Kier alpha value is -1.69. The van der Waals surface area contributed by atoms with E-state index in [-0.39, 0.29) is 5.75 Å². The average molecular weight is 256 g/mol. The highest BCUT2D eigenvalue weighted by Crippen LogP contribution is 2.29. The minimum atomic E-state index is -2.81. The predicted octanol–water partition coefficient (Wildman–Crippen LogP) is 3.30. The Balaban J connectivity index is 2.26. The van der Waals surface area contributed by atoms with Gasteiger partial charge in [0, 0.05) is 10.4 Å². The fourth-order valence-corrected chi connectivity index (χ4v) is 2.19. The van der Waals surface area contributed by atoms with E-state index in [2.05, 4.69) is 9.72 Å². The summed E-state index contributed by atoms with van der Waals surface area (Å²) < 4.78 is 28.2. The van der Waals surface area contributed by atoms with Gasteiger partial charge in [0.15, 0.2) is 5.13 Å². The van der Waals surface area contributed by atoms with Gasteiger partial charge in [0.1, 0.15) is 5.75 Å². The number of anilines is 1. The maximum atomic E-state index is 12.0. The topological polar surface area (TPSA) is 48.1 Å². The van der Waals surface area contributed by atoms with Crippen LogP contribution in [0.25, 0.3) is 11.3 Å². The number of alkyl halides is 2. The molecule has 0 saturated carbocycles. The van der Waals surface area contributed by atoms with E-state index in [1.54, 1.807) is 12.1 Å². The van der Waals surface area contributed by atoms with Crippen molar-refractivity contribution in [2.24, 2.45) is 0 Å². The van der Waals surface area contributed by atoms with Crippen molar-refractivity contribution in [3.05, 3.63) is 29.1 Å². The summed E-state index contributed by atoms with van der Waals surface area (Å²) in [4.78, 5) is 5.17. The van der Waals surface area contributed by atoms with Crippen molar-refractivity contribution >= 4 is 16.5 Å². The van der Waals surface area contributed by atoms with Crippen molar-refractivity contribution in [2.75, 3.05) is 5.73 Å². The Morgan fingerprint density at radius 3 is 2.41 bits per heavy atom. The van der Waals surface area contributed by atoms with Gasteiger partial charge in [-0.1, -0.05) is 0 Å². The molecule has 6 heteroatoms. The van der Waals surface area contributed by atoms with Crippen LogP contribution in [0, 0.1) is 6.92 Å². The minimum absolute atomic E-state index is 0.129. The van der Waals surface area contributed by atoms with Gasteiger partial charge < -0.3 is 10.5 Å². The summed E-state index contributed by atoms with van der Waals surface area (Å²) in [5.41, 5.74) is 7.20. The van der Waals surface area contributed by atoms with E-state index in [9.17, 15) is 8.78 Å². The zero-order valence-corrected chi connectivity index (χ0v) is 9.80. The molecule has 0 saturated heterocycles. The molecule has 0 spiro atoms. The Kier molecular flexibility index (Phi) is 3.23. The van der Waals surface area contributed by atoms with Gasteiger partial charge in [0.2, 0.25) is 0 Å². The van der Waals surface area contributed by atoms with Crippen molar-refractivity contribution in [2.45, 2.75) is 13.5 Å². The quantitative estimate of drug-likeness (QED) is 0.916. The van der Waals surface area contributed by atoms with Crippen LogP contribution in [0.4, 0.5) is 13.9 Å². The van der Waals surface area contributed by atoms with Crippen LogP contribution in [0.2, 0.25) is 0 Å². The van der Waals surface area contributed by atoms with Crippen LogP contribution in [-0.4, -0.2) is 11.6 Å². The molecule has 2 aromatic rings. The maximum Gasteiger partial charge on any atom is 0.387 e. The van der Waals surface area contributed by atoms with Crippen LogP contribution in [-0.2, 0) is 0 Å². The predicted molar refractivity (Wildman–Crippen MR) is 63.3 cm³/mol. The third-order valence-electron chi connectivity index (χ3n) is 2.17. The molecular formula is C11H10F2N2OS. The minimum Gasteiger partial charge on any atom is -0.435 e. The molecule has 2 rings (SSSR count). The summed E-state index contributed by atoms with van der Waals surface area (Å²) in [6.07, 6.45) is 0. The Morgan fingerprint density at radius 1 is 1.29 bits per heavy atom. The summed E-state index contributed by atoms with van der Waals surface area (Å²) >= 11 is 1.39. The number of aryl methyl sites for hydroxylation is 1. The number of rotatable bonds is 3. The lowest BCUT2D eigenvalue weighted by Crippen LogP contribution is -2.01. The van der Waals surface area contributed by atoms with E-state index in [0.717, 1.165) is 16.1 Å². The first-order valence-corrected chi connectivity index (χ1v) is 5.66. The van der Waals surface area contributed by atoms with Crippen molar-refractivity contribution in [3.8, 4) is 17.0 Å². The summed E-state index contributed by atoms with van der Waals surface area (Å²) in [7, 11) is 0. The Labute approximate surface area is 101 Å². The third kappa shape index (κ3) is 2.71. The number of halogens is 2. The number of nitrogens with zero attached hydrogens (tertiary/aromatic N) is 1. The highest BCUT2D eigenvalue weighted by Gasteiger charge is 2.09. The average Bonchev–Trinajstić information content (AvgIpc) is 2.58. The monoisotopic (exact) mass is 256 g/mol. The van der Waals surface area contributed by atoms with Crippen LogP contribution in [0.5, 0.6) is 5.75 Å². The number of benzene rings is 1. The molecule has 0 aliphatic heterocycles. The van der Waals surface area contributed by atoms with Crippen LogP contribution >= 0.6 is 11.3 Å². The fraction of sp³-hybridized carbons (Fsp3) is 0.182. The summed E-state index contributed by atoms with van der Waals surface area (Å²) in [6, 6.07) is 6.32. The molecule has 1 aromatic carbocycles. The molecule has 17 heavy (non-hydrogen) atoms. The number of nitrogen functional groups attached to an aromatic ring is 1. The lowest BCUT2D eigenvalue weighted by Gasteiger charge is -2.04. The van der Waals surface area contributed by atoms with E-state index < -0.39 is 6.61 Å². The third-order valence-corrected chi connectivity index (χ3v) is 2.97. The molecule has 0 amide bonds. The Morgan fingerprint density at radius 2 is 1.94 bits per heavy atom. The standard InChI is InChI=1S/C11H10F2N2OS/c1-6-9(15-11(14)17-6)7-2-4-8(5-3-7)16-10(12)13/h2-5,10H,1H3,(H2,14,15). The van der Waals surface area contributed by atoms with Crippen LogP contribution in [0.1, 0.15) is 4.88 Å². The number of aromatic nitrogens is 1. The molecule has 1 aromatic heterocycles. The van der Waals surface area contributed by atoms with Gasteiger partial charge >= 0.3 is 6.61 Å². The lowest BCUT2D eigenvalue weighted by atomic mass is 10.1. The zero-order chi connectivity index (χ0) is 12.4. The summed E-state index contributed by atoms with van der Waals surface area (Å²) in [6.45, 7) is -0.898. The molecule has 0 fully saturated rings. The number of hydrogen-bond donors (Lipinski definition) is 1. The van der Waals surface area contributed by atoms with E-state index in [1.165, 1.54) is 23.5 Å². The van der Waals surface area contributed by atoms with E-state index in [1.807, 2.05) is 6.92 Å². The largest absolute Gasteiger partial charge is 0.435 e. The van der Waals surface area contributed by atoms with E-state index in [4.69, 9.17) is 5.73 Å². The summed E-state index contributed by atoms with van der Waals surface area (Å²) in [5, 5.41) is 0.491. The SMILES string of the molecule is Cc1sc(N)nc1-c1ccc(OC(F)F)cc1. The van der Waals surface area contributed by atoms with Crippen molar-refractivity contribution < 1.29 is 13.5 Å². The van der Waals surface area contributed by atoms with Crippen molar-refractivity contribution in [3.63, 3.8) is 0 Å². The number of thiazole rings is 1. The lowest BCUT2D eigenvalue weighted by molar-refractivity contribution is -0.0498. The van der Waals surface area contributed by atoms with Gasteiger partial charge in [0.25, 0.3) is 0 Å². The number of hydrogen-bond acceptors (Lipinski definition) is 4. The van der Waals surface area contributed by atoms with Crippen LogP contribution in [0.15, 0.2) is 24.3 Å². The Bertz CT molecular complexity index is 511. The van der Waals surface area contributed by atoms with Gasteiger partial charge in [0.05, 0.1) is 5.69 Å². The number of nitrogens with two attached hydrogens (primary N) is 1. The highest BCUT2D eigenvalue weighted by atomic mass is 32.1. The van der Waals surface area contributed by atoms with Gasteiger partial charge in [-0.05, 0) is 31.2 Å². The molecule has 0 bridgehead atoms. The molecule has 2 N–H and O–H groups in total. The zero-order valence-electron chi connectivity index (χ0n) is 8.98. The first kappa shape index (κ1) is 11.8. The second kappa shape index (κ2) is 4.67. The fourth-order valence-electron chi connectivity index (χ4n) is 1.48. The normalized spacial score (nSPS) is 10.8. The molecule has 0 radical (unpaired) electrons. The van der Waals surface area contributed by atoms with Crippen LogP contribution < -0.4 is 10.5 Å². The highest BCUT2D eigenvalue weighted by molar-refractivity contribution is 7.15. The second-order valence-electron chi connectivity index (χ2n) is 3.36. The van der Waals surface area contributed by atoms with Crippen LogP contribution in [0.3, 0.4) is 0 Å². The van der Waals surface area contributed by atoms with Gasteiger partial charge in [-0.3, -0.25) is 0 Å². The molecule has 90 valence electrons. The van der Waals surface area contributed by atoms with Gasteiger partial charge in [-0.15, -0.1) is 11.3 Å². The smallest absolute Gasteiger partial charge is 0.387 e. The van der Waals surface area contributed by atoms with Gasteiger partial charge in [-0.2, -0.15) is 8.78 Å². The van der Waals surface area contributed by atoms with E-state index >= 15 is 0 Å². The first-order chi connectivity index (χ1) is 8.06.